The maximum atomic E-state index is 10.9. The quantitative estimate of drug-likeness (QED) is 0.568. The highest BCUT2D eigenvalue weighted by Crippen LogP contribution is 2.43. The molecule has 0 rings (SSSR count). The van der Waals surface area contributed by atoms with E-state index in [1.807, 2.05) is 0 Å². The topological polar surface area (TPSA) is 17.1 Å². The lowest BCUT2D eigenvalue weighted by Crippen LogP contribution is -2.30. The Bertz CT molecular complexity index is 130. The summed E-state index contributed by atoms with van der Waals surface area (Å²) in [5.74, 6) is -0.634. The Labute approximate surface area is 98.1 Å². The van der Waals surface area contributed by atoms with Gasteiger partial charge in [-0.3, -0.25) is 4.79 Å². The molecule has 0 bridgehead atoms. The first-order valence-corrected chi connectivity index (χ1v) is 5.35. The summed E-state index contributed by atoms with van der Waals surface area (Å²) in [6, 6.07) is 0. The van der Waals surface area contributed by atoms with E-state index >= 15 is 0 Å². The zero-order valence-electron chi connectivity index (χ0n) is 4.18. The summed E-state index contributed by atoms with van der Waals surface area (Å²) in [6.07, 6.45) is 0. The number of alkyl halides is 6. The number of Topliss-reactive ketones (excluding diaryl/α,β-unsaturated/α-hetero) is 1. The standard InChI is InChI=1S/C3Br3Cl3O/c4-2(5,6)1(10)3(7,8)9. The average Bonchev–Trinajstić information content (AvgIpc) is 1.59. The van der Waals surface area contributed by atoms with Crippen LogP contribution in [0.25, 0.3) is 0 Å². The lowest BCUT2D eigenvalue weighted by molar-refractivity contribution is -0.116. The minimum absolute atomic E-state index is 0.634. The molecule has 0 unspecified atom stereocenters. The monoisotopic (exact) mass is 394 g/mol. The second kappa shape index (κ2) is 3.79. The van der Waals surface area contributed by atoms with Gasteiger partial charge < -0.3 is 0 Å². The van der Waals surface area contributed by atoms with Crippen molar-refractivity contribution in [1.29, 1.82) is 0 Å². The summed E-state index contributed by atoms with van der Waals surface area (Å²) in [5.41, 5.74) is 0. The van der Waals surface area contributed by atoms with Gasteiger partial charge in [-0.1, -0.05) is 82.6 Å². The van der Waals surface area contributed by atoms with Crippen molar-refractivity contribution in [3.05, 3.63) is 0 Å². The number of ketones is 1. The van der Waals surface area contributed by atoms with Crippen LogP contribution in [0.15, 0.2) is 0 Å². The van der Waals surface area contributed by atoms with Crippen LogP contribution in [-0.4, -0.2) is 11.7 Å². The van der Waals surface area contributed by atoms with Gasteiger partial charge >= 0.3 is 0 Å². The van der Waals surface area contributed by atoms with Crippen LogP contribution in [0.5, 0.6) is 0 Å². The molecule has 0 atom stereocenters. The van der Waals surface area contributed by atoms with Crippen molar-refractivity contribution in [3.8, 4) is 0 Å². The van der Waals surface area contributed by atoms with Crippen LogP contribution >= 0.6 is 82.6 Å². The Morgan fingerprint density at radius 1 is 1.10 bits per heavy atom. The van der Waals surface area contributed by atoms with Gasteiger partial charge in [0.25, 0.3) is 3.79 Å². The molecule has 0 aromatic rings. The first kappa shape index (κ1) is 12.0. The fourth-order valence-corrected chi connectivity index (χ4v) is 2.51. The molecule has 0 saturated carbocycles. The van der Waals surface area contributed by atoms with E-state index in [1.165, 1.54) is 0 Å². The fourth-order valence-electron chi connectivity index (χ4n) is 0.161. The van der Waals surface area contributed by atoms with Gasteiger partial charge in [-0.15, -0.1) is 0 Å². The first-order valence-electron chi connectivity index (χ1n) is 1.84. The lowest BCUT2D eigenvalue weighted by Gasteiger charge is -2.16. The Morgan fingerprint density at radius 2 is 1.40 bits per heavy atom. The normalized spacial score (nSPS) is 13.4. The summed E-state index contributed by atoms with van der Waals surface area (Å²) < 4.78 is -3.07. The van der Waals surface area contributed by atoms with Gasteiger partial charge in [-0.25, -0.2) is 0 Å². The van der Waals surface area contributed by atoms with Gasteiger partial charge in [-0.05, 0) is 0 Å². The molecule has 0 heterocycles. The van der Waals surface area contributed by atoms with Gasteiger partial charge in [0.1, 0.15) is 0 Å². The van der Waals surface area contributed by atoms with Crippen LogP contribution in [-0.2, 0) is 4.79 Å². The molecule has 1 nitrogen and oxygen atoms in total. The summed E-state index contributed by atoms with van der Waals surface area (Å²) in [7, 11) is 0. The predicted octanol–water partition coefficient (Wildman–Crippen LogP) is 3.76. The van der Waals surface area contributed by atoms with Crippen LogP contribution in [0.2, 0.25) is 0 Å². The molecule has 0 fully saturated rings. The van der Waals surface area contributed by atoms with Crippen molar-refractivity contribution < 1.29 is 4.79 Å². The van der Waals surface area contributed by atoms with E-state index < -0.39 is 11.7 Å². The zero-order valence-corrected chi connectivity index (χ0v) is 11.2. The molecule has 0 saturated heterocycles. The number of carbonyl (C=O) groups excluding carboxylic acids is 1. The fraction of sp³-hybridized carbons (Fsp3) is 0.667. The largest absolute Gasteiger partial charge is 0.291 e. The molecule has 0 aliphatic carbocycles. The lowest BCUT2D eigenvalue weighted by atomic mass is 10.5. The van der Waals surface area contributed by atoms with Crippen LogP contribution in [0.3, 0.4) is 0 Å². The molecule has 0 amide bonds. The van der Waals surface area contributed by atoms with Crippen LogP contribution in [0, 0.1) is 0 Å². The Hall–Kier alpha value is 1.98. The summed E-state index contributed by atoms with van der Waals surface area (Å²) >= 11 is 24.5. The highest BCUT2D eigenvalue weighted by Gasteiger charge is 2.43. The third kappa shape index (κ3) is 4.12. The molecule has 7 heteroatoms. The van der Waals surface area contributed by atoms with E-state index in [2.05, 4.69) is 47.8 Å². The van der Waals surface area contributed by atoms with E-state index in [4.69, 9.17) is 34.8 Å². The summed E-state index contributed by atoms with van der Waals surface area (Å²) in [4.78, 5) is 10.9. The van der Waals surface area contributed by atoms with Crippen LogP contribution < -0.4 is 0 Å². The number of rotatable bonds is 0. The zero-order chi connectivity index (χ0) is 8.58. The molecule has 0 aromatic carbocycles. The molecule has 0 aliphatic rings. The predicted molar refractivity (Wildman–Crippen MR) is 54.8 cm³/mol. The van der Waals surface area contributed by atoms with Gasteiger partial charge in [0.15, 0.2) is 2.14 Å². The van der Waals surface area contributed by atoms with Crippen molar-refractivity contribution in [2.24, 2.45) is 0 Å². The van der Waals surface area contributed by atoms with Crippen molar-refractivity contribution in [3.63, 3.8) is 0 Å². The summed E-state index contributed by atoms with van der Waals surface area (Å²) in [5, 5.41) is 0. The van der Waals surface area contributed by atoms with Crippen LogP contribution in [0.1, 0.15) is 0 Å². The SMILES string of the molecule is O=C(C(Cl)(Cl)Cl)C(Br)(Br)Br. The minimum atomic E-state index is -1.92. The highest BCUT2D eigenvalue weighted by atomic mass is 80.0. The van der Waals surface area contributed by atoms with E-state index in [9.17, 15) is 4.79 Å². The molecule has 0 radical (unpaired) electrons. The van der Waals surface area contributed by atoms with E-state index in [-0.39, 0.29) is 0 Å². The van der Waals surface area contributed by atoms with E-state index in [0.717, 1.165) is 0 Å². The third-order valence-corrected chi connectivity index (χ3v) is 2.11. The molecule has 0 N–H and O–H groups in total. The number of carbonyl (C=O) groups is 1. The smallest absolute Gasteiger partial charge is 0.252 e. The minimum Gasteiger partial charge on any atom is -0.291 e. The molecule has 60 valence electrons. The molecule has 0 spiro atoms. The molecular formula is C3Br3Cl3O. The van der Waals surface area contributed by atoms with Gasteiger partial charge in [0.2, 0.25) is 5.78 Å². The van der Waals surface area contributed by atoms with Gasteiger partial charge in [0, 0.05) is 0 Å². The second-order valence-electron chi connectivity index (χ2n) is 1.32. The Kier molecular flexibility index (Phi) is 4.54. The number of halogens is 6. The van der Waals surface area contributed by atoms with Crippen molar-refractivity contribution in [2.75, 3.05) is 0 Å². The summed E-state index contributed by atoms with van der Waals surface area (Å²) in [6.45, 7) is 0. The Balaban J connectivity index is 4.40. The second-order valence-corrected chi connectivity index (χ2v) is 10.4. The molecule has 10 heavy (non-hydrogen) atoms. The van der Waals surface area contributed by atoms with E-state index in [1.54, 1.807) is 0 Å². The number of hydrogen-bond acceptors (Lipinski definition) is 1. The maximum absolute atomic E-state index is 10.9. The van der Waals surface area contributed by atoms with Gasteiger partial charge in [0.05, 0.1) is 0 Å². The Morgan fingerprint density at radius 3 is 1.40 bits per heavy atom. The van der Waals surface area contributed by atoms with Gasteiger partial charge in [-0.2, -0.15) is 0 Å². The maximum Gasteiger partial charge on any atom is 0.252 e. The number of hydrogen-bond donors (Lipinski definition) is 0. The molecule has 0 aliphatic heterocycles. The molecule has 0 aromatic heterocycles. The third-order valence-electron chi connectivity index (χ3n) is 0.515. The van der Waals surface area contributed by atoms with Crippen molar-refractivity contribution >= 4 is 88.4 Å². The first-order chi connectivity index (χ1) is 4.15. The van der Waals surface area contributed by atoms with E-state index in [0.29, 0.717) is 0 Å². The molecular weight excluding hydrogens is 398 g/mol. The van der Waals surface area contributed by atoms with Crippen LogP contribution in [0.4, 0.5) is 0 Å². The van der Waals surface area contributed by atoms with Crippen molar-refractivity contribution in [1.82, 2.24) is 0 Å². The average molecular weight is 398 g/mol. The highest BCUT2D eigenvalue weighted by molar-refractivity contribution is 9.40. The van der Waals surface area contributed by atoms with Crippen molar-refractivity contribution in [2.45, 2.75) is 5.94 Å².